The van der Waals surface area contributed by atoms with Gasteiger partial charge in [0, 0.05) is 16.6 Å². The minimum Gasteiger partial charge on any atom is -0.497 e. The van der Waals surface area contributed by atoms with Gasteiger partial charge in [-0.1, -0.05) is 19.1 Å². The van der Waals surface area contributed by atoms with Crippen LogP contribution in [0.4, 0.5) is 11.4 Å². The Balaban J connectivity index is 1.77. The van der Waals surface area contributed by atoms with Gasteiger partial charge in [-0.15, -0.1) is 11.8 Å². The van der Waals surface area contributed by atoms with E-state index in [4.69, 9.17) is 9.47 Å². The Kier molecular flexibility index (Phi) is 7.66. The monoisotopic (exact) mass is 472 g/mol. The second-order valence-electron chi connectivity index (χ2n) is 6.58. The SMILES string of the molecule is CCSc1ccccc1C(=O)Nc1ccc(S(=O)(=O)Nc2cc(OC)ccc2OC)cc1. The molecule has 0 fully saturated rings. The smallest absolute Gasteiger partial charge is 0.262 e. The minimum atomic E-state index is -3.88. The van der Waals surface area contributed by atoms with Crippen molar-refractivity contribution in [3.05, 3.63) is 72.3 Å². The molecule has 0 spiro atoms. The Morgan fingerprint density at radius 3 is 2.34 bits per heavy atom. The zero-order valence-corrected chi connectivity index (χ0v) is 19.5. The Bertz CT molecular complexity index is 1200. The van der Waals surface area contributed by atoms with Gasteiger partial charge in [0.05, 0.1) is 30.4 Å². The summed E-state index contributed by atoms with van der Waals surface area (Å²) in [5.41, 5.74) is 1.32. The zero-order chi connectivity index (χ0) is 23.1. The van der Waals surface area contributed by atoms with Crippen molar-refractivity contribution in [3.63, 3.8) is 0 Å². The van der Waals surface area contributed by atoms with Crippen LogP contribution in [0, 0.1) is 0 Å². The Morgan fingerprint density at radius 1 is 0.969 bits per heavy atom. The lowest BCUT2D eigenvalue weighted by Gasteiger charge is -2.14. The van der Waals surface area contributed by atoms with Gasteiger partial charge in [-0.3, -0.25) is 9.52 Å². The van der Waals surface area contributed by atoms with E-state index in [2.05, 4.69) is 10.0 Å². The number of hydrogen-bond acceptors (Lipinski definition) is 6. The van der Waals surface area contributed by atoms with Crippen molar-refractivity contribution >= 4 is 39.1 Å². The summed E-state index contributed by atoms with van der Waals surface area (Å²) in [7, 11) is -0.939. The molecule has 7 nitrogen and oxygen atoms in total. The fourth-order valence-electron chi connectivity index (χ4n) is 2.95. The van der Waals surface area contributed by atoms with Gasteiger partial charge in [0.1, 0.15) is 11.5 Å². The van der Waals surface area contributed by atoms with Crippen LogP contribution in [0.5, 0.6) is 11.5 Å². The number of sulfonamides is 1. The molecule has 0 heterocycles. The molecule has 0 aliphatic heterocycles. The number of hydrogen-bond donors (Lipinski definition) is 2. The summed E-state index contributed by atoms with van der Waals surface area (Å²) in [6.07, 6.45) is 0. The highest BCUT2D eigenvalue weighted by Crippen LogP contribution is 2.31. The molecule has 3 aromatic rings. The van der Waals surface area contributed by atoms with E-state index in [1.165, 1.54) is 32.4 Å². The van der Waals surface area contributed by atoms with Crippen molar-refractivity contribution in [2.45, 2.75) is 16.7 Å². The number of nitrogens with one attached hydrogen (secondary N) is 2. The number of anilines is 2. The molecule has 1 amide bonds. The molecule has 3 aromatic carbocycles. The molecular formula is C23H24N2O5S2. The highest BCUT2D eigenvalue weighted by atomic mass is 32.2. The standard InChI is InChI=1S/C23H24N2O5S2/c1-4-31-22-8-6-5-7-19(22)23(26)24-16-9-12-18(13-10-16)32(27,28)25-20-15-17(29-2)11-14-21(20)30-3/h5-15,25H,4H2,1-3H3,(H,24,26). The summed E-state index contributed by atoms with van der Waals surface area (Å²) >= 11 is 1.59. The van der Waals surface area contributed by atoms with Gasteiger partial charge in [-0.25, -0.2) is 8.42 Å². The van der Waals surface area contributed by atoms with Crippen LogP contribution >= 0.6 is 11.8 Å². The van der Waals surface area contributed by atoms with E-state index in [0.29, 0.717) is 22.7 Å². The molecule has 0 aliphatic carbocycles. The molecule has 0 bridgehead atoms. The van der Waals surface area contributed by atoms with E-state index in [1.54, 1.807) is 42.1 Å². The lowest BCUT2D eigenvalue weighted by Crippen LogP contribution is -2.15. The maximum atomic E-state index is 12.8. The minimum absolute atomic E-state index is 0.0438. The van der Waals surface area contributed by atoms with Gasteiger partial charge in [0.2, 0.25) is 0 Å². The maximum absolute atomic E-state index is 12.8. The summed E-state index contributed by atoms with van der Waals surface area (Å²) in [5, 5.41) is 2.81. The summed E-state index contributed by atoms with van der Waals surface area (Å²) in [6, 6.07) is 18.1. The predicted molar refractivity (Wildman–Crippen MR) is 128 cm³/mol. The molecule has 32 heavy (non-hydrogen) atoms. The van der Waals surface area contributed by atoms with Crippen LogP contribution in [0.15, 0.2) is 76.5 Å². The quantitative estimate of drug-likeness (QED) is 0.432. The number of carbonyl (C=O) groups excluding carboxylic acids is 1. The second-order valence-corrected chi connectivity index (χ2v) is 9.57. The van der Waals surface area contributed by atoms with E-state index in [1.807, 2.05) is 25.1 Å². The highest BCUT2D eigenvalue weighted by Gasteiger charge is 2.18. The molecule has 0 saturated heterocycles. The van der Waals surface area contributed by atoms with Crippen molar-refractivity contribution in [1.29, 1.82) is 0 Å². The Morgan fingerprint density at radius 2 is 1.69 bits per heavy atom. The van der Waals surface area contributed by atoms with E-state index in [-0.39, 0.29) is 16.5 Å². The molecule has 0 aliphatic rings. The largest absolute Gasteiger partial charge is 0.497 e. The molecule has 0 radical (unpaired) electrons. The number of amides is 1. The molecule has 168 valence electrons. The van der Waals surface area contributed by atoms with Gasteiger partial charge < -0.3 is 14.8 Å². The van der Waals surface area contributed by atoms with E-state index < -0.39 is 10.0 Å². The van der Waals surface area contributed by atoms with Crippen LogP contribution in [0.1, 0.15) is 17.3 Å². The van der Waals surface area contributed by atoms with Gasteiger partial charge in [0.15, 0.2) is 0 Å². The van der Waals surface area contributed by atoms with Crippen molar-refractivity contribution < 1.29 is 22.7 Å². The molecule has 0 atom stereocenters. The molecule has 9 heteroatoms. The maximum Gasteiger partial charge on any atom is 0.262 e. The first-order valence-electron chi connectivity index (χ1n) is 9.76. The number of benzene rings is 3. The Labute approximate surface area is 192 Å². The predicted octanol–water partition coefficient (Wildman–Crippen LogP) is 4.87. The lowest BCUT2D eigenvalue weighted by atomic mass is 10.2. The van der Waals surface area contributed by atoms with Crippen molar-refractivity contribution in [1.82, 2.24) is 0 Å². The summed E-state index contributed by atoms with van der Waals surface area (Å²) < 4.78 is 38.6. The van der Waals surface area contributed by atoms with Crippen LogP contribution < -0.4 is 19.5 Å². The van der Waals surface area contributed by atoms with Crippen molar-refractivity contribution in [2.24, 2.45) is 0 Å². The van der Waals surface area contributed by atoms with Gasteiger partial charge in [-0.2, -0.15) is 0 Å². The molecule has 3 rings (SSSR count). The first-order valence-corrected chi connectivity index (χ1v) is 12.2. The average Bonchev–Trinajstić information content (AvgIpc) is 2.79. The van der Waals surface area contributed by atoms with E-state index in [9.17, 15) is 13.2 Å². The molecule has 0 unspecified atom stereocenters. The van der Waals surface area contributed by atoms with Crippen molar-refractivity contribution in [3.8, 4) is 11.5 Å². The van der Waals surface area contributed by atoms with Gasteiger partial charge >= 0.3 is 0 Å². The summed E-state index contributed by atoms with van der Waals surface area (Å²) in [6.45, 7) is 2.02. The number of rotatable bonds is 9. The van der Waals surface area contributed by atoms with Crippen LogP contribution in [-0.2, 0) is 10.0 Å². The number of thioether (sulfide) groups is 1. The highest BCUT2D eigenvalue weighted by molar-refractivity contribution is 7.99. The van der Waals surface area contributed by atoms with Gasteiger partial charge in [-0.05, 0) is 54.3 Å². The van der Waals surface area contributed by atoms with Crippen LogP contribution in [-0.4, -0.2) is 34.3 Å². The first kappa shape index (κ1) is 23.5. The number of carbonyl (C=O) groups is 1. The number of ether oxygens (including phenoxy) is 2. The third-order valence-electron chi connectivity index (χ3n) is 4.50. The van der Waals surface area contributed by atoms with Crippen LogP contribution in [0.2, 0.25) is 0 Å². The number of methoxy groups -OCH3 is 2. The van der Waals surface area contributed by atoms with Crippen LogP contribution in [0.25, 0.3) is 0 Å². The molecule has 0 saturated carbocycles. The van der Waals surface area contributed by atoms with Crippen LogP contribution in [0.3, 0.4) is 0 Å². The van der Waals surface area contributed by atoms with Gasteiger partial charge in [0.25, 0.3) is 15.9 Å². The second kappa shape index (κ2) is 10.4. The van der Waals surface area contributed by atoms with E-state index in [0.717, 1.165) is 10.6 Å². The molecular weight excluding hydrogens is 448 g/mol. The third-order valence-corrected chi connectivity index (χ3v) is 6.84. The topological polar surface area (TPSA) is 93.7 Å². The summed E-state index contributed by atoms with van der Waals surface area (Å²) in [5.74, 6) is 1.45. The molecule has 0 aromatic heterocycles. The Hall–Kier alpha value is -3.17. The fourth-order valence-corrected chi connectivity index (χ4v) is 4.81. The summed E-state index contributed by atoms with van der Waals surface area (Å²) in [4.78, 5) is 13.6. The fraction of sp³-hybridized carbons (Fsp3) is 0.174. The van der Waals surface area contributed by atoms with E-state index >= 15 is 0 Å². The first-order chi connectivity index (χ1) is 15.4. The normalized spacial score (nSPS) is 11.0. The lowest BCUT2D eigenvalue weighted by molar-refractivity contribution is 0.102. The molecule has 2 N–H and O–H groups in total. The zero-order valence-electron chi connectivity index (χ0n) is 17.9. The van der Waals surface area contributed by atoms with Crippen molar-refractivity contribution in [2.75, 3.05) is 30.0 Å². The average molecular weight is 473 g/mol. The third kappa shape index (κ3) is 5.54.